The van der Waals surface area contributed by atoms with E-state index in [4.69, 9.17) is 10.7 Å². The van der Waals surface area contributed by atoms with Gasteiger partial charge in [0.05, 0.1) is 5.69 Å². The second-order valence-electron chi connectivity index (χ2n) is 2.63. The third-order valence-corrected chi connectivity index (χ3v) is 2.62. The van der Waals surface area contributed by atoms with E-state index in [1.165, 1.54) is 12.3 Å². The van der Waals surface area contributed by atoms with Crippen LogP contribution in [-0.2, 0) is 15.7 Å². The maximum atomic E-state index is 12.2. The molecule has 0 saturated heterocycles. The monoisotopic (exact) mass is 250 g/mol. The highest BCUT2D eigenvalue weighted by Gasteiger charge is 2.17. The van der Waals surface area contributed by atoms with E-state index in [0.29, 0.717) is 0 Å². The topological polar surface area (TPSA) is 77.2 Å². The van der Waals surface area contributed by atoms with Crippen molar-refractivity contribution < 1.29 is 12.8 Å². The summed E-state index contributed by atoms with van der Waals surface area (Å²) in [4.78, 5) is 7.27. The number of alkyl halides is 1. The maximum absolute atomic E-state index is 12.2. The van der Waals surface area contributed by atoms with Gasteiger partial charge in [0.15, 0.2) is 0 Å². The molecule has 0 fully saturated rings. The molecule has 2 rings (SSSR count). The summed E-state index contributed by atoms with van der Waals surface area (Å²) in [5, 5.41) is 3.01. The lowest BCUT2D eigenvalue weighted by molar-refractivity contribution is 0.476. The van der Waals surface area contributed by atoms with Crippen molar-refractivity contribution >= 4 is 25.5 Å². The molecule has 2 aromatic heterocycles. The van der Waals surface area contributed by atoms with E-state index < -0.39 is 20.9 Å². The van der Waals surface area contributed by atoms with Gasteiger partial charge in [-0.3, -0.25) is 0 Å². The quantitative estimate of drug-likeness (QED) is 0.726. The number of hydrogen-bond acceptors (Lipinski definition) is 5. The predicted molar refractivity (Wildman–Crippen MR) is 48.6 cm³/mol. The van der Waals surface area contributed by atoms with Gasteiger partial charge in [-0.1, -0.05) is 0 Å². The van der Waals surface area contributed by atoms with Gasteiger partial charge in [-0.05, 0) is 6.07 Å². The van der Waals surface area contributed by atoms with Crippen LogP contribution in [0, 0.1) is 0 Å². The van der Waals surface area contributed by atoms with Crippen LogP contribution in [0.4, 0.5) is 4.39 Å². The standard InChI is InChI=1S/C6H4ClFN4O2S/c7-15(13,14)6-10-5-9-4(3-8)1-2-12(5)11-6/h1-2H,3H2. The molecule has 6 nitrogen and oxygen atoms in total. The minimum Gasteiger partial charge on any atom is -0.244 e. The molecular weight excluding hydrogens is 247 g/mol. The first kappa shape index (κ1) is 10.2. The zero-order valence-electron chi connectivity index (χ0n) is 7.13. The van der Waals surface area contributed by atoms with Crippen LogP contribution in [0.5, 0.6) is 0 Å². The van der Waals surface area contributed by atoms with E-state index in [-0.39, 0.29) is 11.5 Å². The molecule has 2 heterocycles. The smallest absolute Gasteiger partial charge is 0.244 e. The fourth-order valence-corrected chi connectivity index (χ4v) is 1.54. The van der Waals surface area contributed by atoms with Gasteiger partial charge in [-0.15, -0.1) is 5.10 Å². The Morgan fingerprint density at radius 2 is 2.20 bits per heavy atom. The molecule has 15 heavy (non-hydrogen) atoms. The molecule has 0 aromatic carbocycles. The Labute approximate surface area is 88.1 Å². The van der Waals surface area contributed by atoms with Crippen LogP contribution < -0.4 is 0 Å². The molecule has 0 saturated carbocycles. The van der Waals surface area contributed by atoms with Gasteiger partial charge in [0, 0.05) is 16.9 Å². The van der Waals surface area contributed by atoms with E-state index in [1.807, 2.05) is 0 Å². The van der Waals surface area contributed by atoms with Crippen LogP contribution in [0.2, 0.25) is 0 Å². The molecule has 2 aromatic rings. The Morgan fingerprint density at radius 1 is 1.47 bits per heavy atom. The number of hydrogen-bond donors (Lipinski definition) is 0. The summed E-state index contributed by atoms with van der Waals surface area (Å²) in [5.41, 5.74) is 0.147. The highest BCUT2D eigenvalue weighted by molar-refractivity contribution is 8.13. The van der Waals surface area contributed by atoms with Crippen molar-refractivity contribution in [1.82, 2.24) is 19.6 Å². The first-order valence-corrected chi connectivity index (χ1v) is 6.04. The van der Waals surface area contributed by atoms with Crippen molar-refractivity contribution in [2.45, 2.75) is 11.8 Å². The summed E-state index contributed by atoms with van der Waals surface area (Å²) in [6.45, 7) is -0.758. The Kier molecular flexibility index (Phi) is 2.31. The van der Waals surface area contributed by atoms with Gasteiger partial charge in [0.25, 0.3) is 20.0 Å². The van der Waals surface area contributed by atoms with Crippen LogP contribution in [0.15, 0.2) is 17.4 Å². The summed E-state index contributed by atoms with van der Waals surface area (Å²) in [6, 6.07) is 1.37. The third kappa shape index (κ3) is 1.90. The van der Waals surface area contributed by atoms with Crippen molar-refractivity contribution in [3.8, 4) is 0 Å². The predicted octanol–water partition coefficient (Wildman–Crippen LogP) is 0.521. The van der Waals surface area contributed by atoms with Gasteiger partial charge in [-0.2, -0.15) is 4.98 Å². The summed E-state index contributed by atoms with van der Waals surface area (Å²) >= 11 is 0. The molecule has 0 aliphatic heterocycles. The van der Waals surface area contributed by atoms with Gasteiger partial charge < -0.3 is 0 Å². The Hall–Kier alpha value is -1.28. The van der Waals surface area contributed by atoms with Crippen LogP contribution in [0.1, 0.15) is 5.69 Å². The second-order valence-corrected chi connectivity index (χ2v) is 5.09. The minimum absolute atomic E-state index is 0.00984. The molecule has 0 aliphatic rings. The lowest BCUT2D eigenvalue weighted by Gasteiger charge is -1.92. The molecule has 9 heteroatoms. The lowest BCUT2D eigenvalue weighted by atomic mass is 10.4. The number of rotatable bonds is 2. The lowest BCUT2D eigenvalue weighted by Crippen LogP contribution is -1.94. The molecule has 80 valence electrons. The zero-order chi connectivity index (χ0) is 11.1. The normalized spacial score (nSPS) is 12.1. The van der Waals surface area contributed by atoms with Gasteiger partial charge >= 0.3 is 0 Å². The number of aromatic nitrogens is 4. The van der Waals surface area contributed by atoms with E-state index in [0.717, 1.165) is 4.52 Å². The minimum atomic E-state index is -3.99. The van der Waals surface area contributed by atoms with Crippen molar-refractivity contribution in [3.63, 3.8) is 0 Å². The highest BCUT2D eigenvalue weighted by atomic mass is 35.7. The first-order chi connectivity index (χ1) is 7.00. The maximum Gasteiger partial charge on any atom is 0.298 e. The summed E-state index contributed by atoms with van der Waals surface area (Å²) in [5.74, 6) is -0.00984. The molecule has 0 atom stereocenters. The highest BCUT2D eigenvalue weighted by Crippen LogP contribution is 2.10. The van der Waals surface area contributed by atoms with E-state index in [1.54, 1.807) is 0 Å². The van der Waals surface area contributed by atoms with Gasteiger partial charge in [0.1, 0.15) is 6.67 Å². The number of fused-ring (bicyclic) bond motifs is 1. The average Bonchev–Trinajstić information content (AvgIpc) is 2.59. The van der Waals surface area contributed by atoms with Gasteiger partial charge in [0.2, 0.25) is 0 Å². The average molecular weight is 251 g/mol. The molecule has 0 N–H and O–H groups in total. The molecule has 0 radical (unpaired) electrons. The largest absolute Gasteiger partial charge is 0.298 e. The SMILES string of the molecule is O=S(=O)(Cl)c1nc2nc(CF)ccn2n1. The molecule has 0 aliphatic carbocycles. The van der Waals surface area contributed by atoms with Gasteiger partial charge in [-0.25, -0.2) is 22.3 Å². The Morgan fingerprint density at radius 3 is 2.80 bits per heavy atom. The van der Waals surface area contributed by atoms with Crippen LogP contribution in [0.3, 0.4) is 0 Å². The molecule has 0 spiro atoms. The zero-order valence-corrected chi connectivity index (χ0v) is 8.70. The van der Waals surface area contributed by atoms with E-state index >= 15 is 0 Å². The fourth-order valence-electron chi connectivity index (χ4n) is 0.972. The van der Waals surface area contributed by atoms with Crippen molar-refractivity contribution in [2.75, 3.05) is 0 Å². The number of halogens is 2. The Balaban J connectivity index is 2.66. The third-order valence-electron chi connectivity index (χ3n) is 1.60. The molecular formula is C6H4ClFN4O2S. The van der Waals surface area contributed by atoms with Crippen LogP contribution >= 0.6 is 10.7 Å². The summed E-state index contributed by atoms with van der Waals surface area (Å²) < 4.78 is 35.1. The van der Waals surface area contributed by atoms with Crippen molar-refractivity contribution in [1.29, 1.82) is 0 Å². The molecule has 0 bridgehead atoms. The molecule has 0 amide bonds. The van der Waals surface area contributed by atoms with Crippen LogP contribution in [0.25, 0.3) is 5.78 Å². The first-order valence-electron chi connectivity index (χ1n) is 3.73. The van der Waals surface area contributed by atoms with Crippen molar-refractivity contribution in [3.05, 3.63) is 18.0 Å². The fraction of sp³-hybridized carbons (Fsp3) is 0.167. The van der Waals surface area contributed by atoms with E-state index in [9.17, 15) is 12.8 Å². The number of nitrogens with zero attached hydrogens (tertiary/aromatic N) is 4. The van der Waals surface area contributed by atoms with E-state index in [2.05, 4.69) is 15.1 Å². The molecule has 0 unspecified atom stereocenters. The van der Waals surface area contributed by atoms with Crippen molar-refractivity contribution in [2.24, 2.45) is 0 Å². The summed E-state index contributed by atoms with van der Waals surface area (Å²) in [7, 11) is 1.05. The van der Waals surface area contributed by atoms with Crippen LogP contribution in [-0.4, -0.2) is 28.0 Å². The second kappa shape index (κ2) is 3.38. The Bertz CT molecular complexity index is 611. The summed E-state index contributed by atoms with van der Waals surface area (Å²) in [6.07, 6.45) is 1.36.